The number of aromatic nitrogens is 2. The zero-order valence-electron chi connectivity index (χ0n) is 10.3. The Hall–Kier alpha value is -2.23. The second-order valence-electron chi connectivity index (χ2n) is 4.01. The Morgan fingerprint density at radius 2 is 1.83 bits per heavy atom. The average Bonchev–Trinajstić information content (AvgIpc) is 2.40. The summed E-state index contributed by atoms with van der Waals surface area (Å²) in [5, 5.41) is 2.75. The number of hydrogen-bond acceptors (Lipinski definition) is 3. The van der Waals surface area contributed by atoms with Crippen LogP contribution in [0, 0.1) is 0 Å². The van der Waals surface area contributed by atoms with Crippen LogP contribution in [0.1, 0.15) is 12.5 Å². The Bertz CT molecular complexity index is 508. The molecule has 0 aliphatic carbocycles. The van der Waals surface area contributed by atoms with Gasteiger partial charge >= 0.3 is 0 Å². The molecular formula is C14H15N3O. The first-order valence-electron chi connectivity index (χ1n) is 5.86. The van der Waals surface area contributed by atoms with Gasteiger partial charge in [-0.3, -0.25) is 4.79 Å². The van der Waals surface area contributed by atoms with Gasteiger partial charge in [0.1, 0.15) is 0 Å². The molecule has 0 aliphatic rings. The van der Waals surface area contributed by atoms with Gasteiger partial charge in [-0.25, -0.2) is 9.97 Å². The van der Waals surface area contributed by atoms with Gasteiger partial charge in [0.05, 0.1) is 0 Å². The van der Waals surface area contributed by atoms with Gasteiger partial charge in [0.25, 0.3) is 0 Å². The topological polar surface area (TPSA) is 54.9 Å². The van der Waals surface area contributed by atoms with E-state index in [2.05, 4.69) is 15.3 Å². The maximum atomic E-state index is 10.7. The molecule has 92 valence electrons. The fraction of sp³-hybridized carbons (Fsp3) is 0.214. The molecule has 1 heterocycles. The van der Waals surface area contributed by atoms with Gasteiger partial charge in [-0.1, -0.05) is 30.3 Å². The average molecular weight is 241 g/mol. The van der Waals surface area contributed by atoms with Gasteiger partial charge in [0, 0.05) is 31.4 Å². The summed E-state index contributed by atoms with van der Waals surface area (Å²) < 4.78 is 0. The van der Waals surface area contributed by atoms with Crippen LogP contribution in [0.5, 0.6) is 0 Å². The monoisotopic (exact) mass is 241 g/mol. The van der Waals surface area contributed by atoms with Crippen molar-refractivity contribution in [2.75, 3.05) is 6.54 Å². The van der Waals surface area contributed by atoms with Gasteiger partial charge < -0.3 is 5.32 Å². The second-order valence-corrected chi connectivity index (χ2v) is 4.01. The second kappa shape index (κ2) is 5.91. The minimum Gasteiger partial charge on any atom is -0.356 e. The van der Waals surface area contributed by atoms with Gasteiger partial charge in [0.2, 0.25) is 5.91 Å². The van der Waals surface area contributed by atoms with E-state index in [-0.39, 0.29) is 5.91 Å². The minimum atomic E-state index is -0.0168. The van der Waals surface area contributed by atoms with Crippen LogP contribution in [0.15, 0.2) is 42.7 Å². The van der Waals surface area contributed by atoms with Gasteiger partial charge in [-0.05, 0) is 12.0 Å². The molecule has 0 unspecified atom stereocenters. The number of rotatable bonds is 4. The Balaban J connectivity index is 2.00. The van der Waals surface area contributed by atoms with Crippen molar-refractivity contribution in [1.29, 1.82) is 0 Å². The Kier molecular flexibility index (Phi) is 4.02. The lowest BCUT2D eigenvalue weighted by molar-refractivity contribution is -0.118. The quantitative estimate of drug-likeness (QED) is 0.888. The summed E-state index contributed by atoms with van der Waals surface area (Å²) in [6.07, 6.45) is 4.35. The van der Waals surface area contributed by atoms with E-state index < -0.39 is 0 Å². The van der Waals surface area contributed by atoms with Crippen LogP contribution in [0.25, 0.3) is 11.4 Å². The predicted octanol–water partition coefficient (Wildman–Crippen LogP) is 1.82. The SMILES string of the molecule is CC(=O)NCCc1cnc(-c2ccccc2)nc1. The first-order valence-corrected chi connectivity index (χ1v) is 5.86. The molecule has 1 aromatic heterocycles. The van der Waals surface area contributed by atoms with E-state index in [4.69, 9.17) is 0 Å². The standard InChI is InChI=1S/C14H15N3O/c1-11(18)15-8-7-12-9-16-14(17-10-12)13-5-3-2-4-6-13/h2-6,9-10H,7-8H2,1H3,(H,15,18). The highest BCUT2D eigenvalue weighted by Crippen LogP contribution is 2.13. The van der Waals surface area contributed by atoms with E-state index in [1.165, 1.54) is 6.92 Å². The lowest BCUT2D eigenvalue weighted by Gasteiger charge is -2.03. The van der Waals surface area contributed by atoms with Crippen molar-refractivity contribution in [3.05, 3.63) is 48.3 Å². The molecule has 1 aromatic carbocycles. The van der Waals surface area contributed by atoms with Crippen LogP contribution >= 0.6 is 0 Å². The summed E-state index contributed by atoms with van der Waals surface area (Å²) in [7, 11) is 0. The number of nitrogens with zero attached hydrogens (tertiary/aromatic N) is 2. The molecule has 0 saturated carbocycles. The fourth-order valence-electron chi connectivity index (χ4n) is 1.60. The minimum absolute atomic E-state index is 0.0168. The summed E-state index contributed by atoms with van der Waals surface area (Å²) in [6.45, 7) is 2.12. The number of amides is 1. The van der Waals surface area contributed by atoms with Crippen LogP contribution in [-0.4, -0.2) is 22.4 Å². The van der Waals surface area contributed by atoms with Crippen LogP contribution in [0.3, 0.4) is 0 Å². The third-order valence-electron chi connectivity index (χ3n) is 2.52. The largest absolute Gasteiger partial charge is 0.356 e. The summed E-state index contributed by atoms with van der Waals surface area (Å²) in [6, 6.07) is 9.84. The number of hydrogen-bond donors (Lipinski definition) is 1. The predicted molar refractivity (Wildman–Crippen MR) is 69.9 cm³/mol. The Morgan fingerprint density at radius 1 is 1.17 bits per heavy atom. The molecule has 2 aromatic rings. The molecule has 0 atom stereocenters. The van der Waals surface area contributed by atoms with Crippen molar-refractivity contribution in [2.45, 2.75) is 13.3 Å². The molecule has 1 N–H and O–H groups in total. The van der Waals surface area contributed by atoms with Crippen LogP contribution in [0.2, 0.25) is 0 Å². The first-order chi connectivity index (χ1) is 8.75. The third-order valence-corrected chi connectivity index (χ3v) is 2.52. The molecule has 0 fully saturated rings. The van der Waals surface area contributed by atoms with E-state index >= 15 is 0 Å². The summed E-state index contributed by atoms with van der Waals surface area (Å²) >= 11 is 0. The first kappa shape index (κ1) is 12.2. The fourth-order valence-corrected chi connectivity index (χ4v) is 1.60. The highest BCUT2D eigenvalue weighted by Gasteiger charge is 2.00. The summed E-state index contributed by atoms with van der Waals surface area (Å²) in [5.74, 6) is 0.704. The van der Waals surface area contributed by atoms with Gasteiger partial charge in [-0.15, -0.1) is 0 Å². The molecule has 2 rings (SSSR count). The molecule has 0 saturated heterocycles. The number of benzene rings is 1. The molecule has 4 heteroatoms. The van der Waals surface area contributed by atoms with Crippen LogP contribution < -0.4 is 5.32 Å². The van der Waals surface area contributed by atoms with E-state index in [0.717, 1.165) is 23.4 Å². The number of carbonyl (C=O) groups is 1. The van der Waals surface area contributed by atoms with Crippen molar-refractivity contribution >= 4 is 5.91 Å². The lowest BCUT2D eigenvalue weighted by Crippen LogP contribution is -2.22. The van der Waals surface area contributed by atoms with Crippen molar-refractivity contribution in [3.63, 3.8) is 0 Å². The van der Waals surface area contributed by atoms with Crippen molar-refractivity contribution < 1.29 is 4.79 Å². The summed E-state index contributed by atoms with van der Waals surface area (Å²) in [5.41, 5.74) is 2.02. The molecule has 0 spiro atoms. The van der Waals surface area contributed by atoms with Crippen LogP contribution in [0.4, 0.5) is 0 Å². The summed E-state index contributed by atoms with van der Waals surface area (Å²) in [4.78, 5) is 19.4. The smallest absolute Gasteiger partial charge is 0.216 e. The van der Waals surface area contributed by atoms with Gasteiger partial charge in [0.15, 0.2) is 5.82 Å². The number of carbonyl (C=O) groups excluding carboxylic acids is 1. The molecule has 18 heavy (non-hydrogen) atoms. The third kappa shape index (κ3) is 3.38. The zero-order chi connectivity index (χ0) is 12.8. The van der Waals surface area contributed by atoms with Crippen LogP contribution in [-0.2, 0) is 11.2 Å². The van der Waals surface area contributed by atoms with E-state index in [1.807, 2.05) is 30.3 Å². The van der Waals surface area contributed by atoms with E-state index in [1.54, 1.807) is 12.4 Å². The van der Waals surface area contributed by atoms with Crippen molar-refractivity contribution in [3.8, 4) is 11.4 Å². The number of nitrogens with one attached hydrogen (secondary N) is 1. The molecular weight excluding hydrogens is 226 g/mol. The molecule has 1 amide bonds. The van der Waals surface area contributed by atoms with Crippen molar-refractivity contribution in [2.24, 2.45) is 0 Å². The molecule has 0 bridgehead atoms. The molecule has 0 aliphatic heterocycles. The highest BCUT2D eigenvalue weighted by molar-refractivity contribution is 5.72. The van der Waals surface area contributed by atoms with Gasteiger partial charge in [-0.2, -0.15) is 0 Å². The van der Waals surface area contributed by atoms with E-state index in [9.17, 15) is 4.79 Å². The Morgan fingerprint density at radius 3 is 2.44 bits per heavy atom. The normalized spacial score (nSPS) is 10.1. The molecule has 4 nitrogen and oxygen atoms in total. The van der Waals surface area contributed by atoms with Crippen molar-refractivity contribution in [1.82, 2.24) is 15.3 Å². The maximum absolute atomic E-state index is 10.7. The maximum Gasteiger partial charge on any atom is 0.216 e. The lowest BCUT2D eigenvalue weighted by atomic mass is 10.2. The molecule has 0 radical (unpaired) electrons. The Labute approximate surface area is 106 Å². The highest BCUT2D eigenvalue weighted by atomic mass is 16.1. The zero-order valence-corrected chi connectivity index (χ0v) is 10.3. The van der Waals surface area contributed by atoms with E-state index in [0.29, 0.717) is 6.54 Å².